The molecule has 0 saturated carbocycles. The number of fused-ring (bicyclic) bond motifs is 3. The second-order valence-electron chi connectivity index (χ2n) is 13.2. The molecule has 1 aliphatic carbocycles. The number of carboxylic acids is 1. The fourth-order valence-electron chi connectivity index (χ4n) is 6.03. The molecule has 0 radical (unpaired) electrons. The molecule has 14 heteroatoms. The summed E-state index contributed by atoms with van der Waals surface area (Å²) in [6.07, 6.45) is 3.86. The minimum atomic E-state index is -2.51. The Hall–Kier alpha value is -3.76. The summed E-state index contributed by atoms with van der Waals surface area (Å²) in [4.78, 5) is 48.7. The Balaban J connectivity index is 0.000000289. The summed E-state index contributed by atoms with van der Waals surface area (Å²) in [6, 6.07) is 14.6. The SMILES string of the molecule is C.CC(C)C(=O)CCCC[C@@H]1SC[C@@H]2NC(=O)N[C@@H]21.CC(C)C(=S)Nc1ccc(-c2c3ccc(=O)cc-3oc3cc(O)ccc23)c(C(=O)O)c1.[3H]I(C)F. The molecular weight excluding hydrogens is 832 g/mol. The van der Waals surface area contributed by atoms with Crippen LogP contribution in [0.3, 0.4) is 0 Å². The number of alkyl halides is 1. The zero-order chi connectivity index (χ0) is 39.0. The monoisotopic (exact) mass is 883 g/mol. The molecule has 2 saturated heterocycles. The number of carboxylic acid groups (broad SMARTS) is 1. The fraction of sp³-hybridized carbons (Fsp3) is 0.410. The molecule has 2 fully saturated rings. The summed E-state index contributed by atoms with van der Waals surface area (Å²) < 4.78 is 22.7. The van der Waals surface area contributed by atoms with Gasteiger partial charge in [0.2, 0.25) is 0 Å². The summed E-state index contributed by atoms with van der Waals surface area (Å²) in [5.74, 6) is 0.853. The number of hydrogen-bond donors (Lipinski definition) is 5. The van der Waals surface area contributed by atoms with E-state index in [1.165, 1.54) is 35.3 Å². The summed E-state index contributed by atoms with van der Waals surface area (Å²) in [7, 11) is 0. The van der Waals surface area contributed by atoms with Gasteiger partial charge in [-0.1, -0.05) is 59.8 Å². The molecular formula is C39H49FIN3O7S2. The first-order valence-electron chi connectivity index (χ1n) is 17.3. The molecule has 3 atom stereocenters. The molecule has 10 nitrogen and oxygen atoms in total. The van der Waals surface area contributed by atoms with E-state index in [9.17, 15) is 32.3 Å². The van der Waals surface area contributed by atoms with Gasteiger partial charge < -0.3 is 30.6 Å². The Morgan fingerprint density at radius 3 is 2.42 bits per heavy atom. The van der Waals surface area contributed by atoms with Gasteiger partial charge in [0.1, 0.15) is 22.9 Å². The third kappa shape index (κ3) is 11.4. The number of phenolic OH excluding ortho intramolecular Hbond substituents is 1. The van der Waals surface area contributed by atoms with Crippen molar-refractivity contribution in [1.29, 1.82) is 0.594 Å². The molecule has 2 amide bonds. The summed E-state index contributed by atoms with van der Waals surface area (Å²) in [6.45, 7) is 7.82. The van der Waals surface area contributed by atoms with E-state index in [0.29, 0.717) is 73.6 Å². The van der Waals surface area contributed by atoms with Crippen molar-refractivity contribution in [2.45, 2.75) is 78.1 Å². The first-order chi connectivity index (χ1) is 25.0. The Morgan fingerprint density at radius 2 is 1.75 bits per heavy atom. The van der Waals surface area contributed by atoms with Gasteiger partial charge in [0.25, 0.3) is 0 Å². The number of urea groups is 1. The van der Waals surface area contributed by atoms with E-state index in [2.05, 4.69) is 16.0 Å². The van der Waals surface area contributed by atoms with Crippen LogP contribution in [-0.2, 0) is 4.79 Å². The molecule has 3 aliphatic heterocycles. The zero-order valence-corrected chi connectivity index (χ0v) is 33.4. The number of Topliss-reactive ketones (excluding diaryl/α,β-unsaturated/α-hetero) is 1. The summed E-state index contributed by atoms with van der Waals surface area (Å²) in [5, 5.41) is 30.0. The van der Waals surface area contributed by atoms with Crippen molar-refractivity contribution in [2.24, 2.45) is 11.8 Å². The van der Waals surface area contributed by atoms with Gasteiger partial charge in [0.05, 0.1) is 22.6 Å². The number of hydrogen-bond acceptors (Lipinski definition) is 8. The van der Waals surface area contributed by atoms with Crippen molar-refractivity contribution in [2.75, 3.05) is 16.0 Å². The zero-order valence-electron chi connectivity index (χ0n) is 30.6. The van der Waals surface area contributed by atoms with Crippen molar-refractivity contribution in [3.8, 4) is 28.2 Å². The summed E-state index contributed by atoms with van der Waals surface area (Å²) in [5.41, 5.74) is 2.42. The predicted octanol–water partition coefficient (Wildman–Crippen LogP) is 9.14. The number of carbonyl (C=O) groups is 3. The van der Waals surface area contributed by atoms with Crippen LogP contribution in [0, 0.1) is 11.8 Å². The van der Waals surface area contributed by atoms with Crippen molar-refractivity contribution in [3.05, 3.63) is 70.4 Å². The van der Waals surface area contributed by atoms with Gasteiger partial charge in [0, 0.05) is 63.6 Å². The van der Waals surface area contributed by atoms with Crippen LogP contribution in [-0.4, -0.2) is 61.6 Å². The summed E-state index contributed by atoms with van der Waals surface area (Å²) >= 11 is 4.75. The molecule has 2 aromatic carbocycles. The number of unbranched alkanes of at least 4 members (excludes halogenated alkanes) is 1. The number of nitrogens with one attached hydrogen (secondary N) is 3. The topological polar surface area (TPSA) is 158 Å². The van der Waals surface area contributed by atoms with E-state index in [4.69, 9.17) is 17.2 Å². The number of carbonyl (C=O) groups excluding carboxylic acids is 2. The molecule has 53 heavy (non-hydrogen) atoms. The van der Waals surface area contributed by atoms with E-state index in [1.54, 1.807) is 24.3 Å². The second-order valence-corrected chi connectivity index (χ2v) is 15.7. The third-order valence-electron chi connectivity index (χ3n) is 8.73. The molecule has 0 spiro atoms. The van der Waals surface area contributed by atoms with Gasteiger partial charge in [0.15, 0.2) is 5.43 Å². The number of ketones is 1. The number of rotatable bonds is 10. The van der Waals surface area contributed by atoms with E-state index in [0.717, 1.165) is 25.0 Å². The Kier molecular flexibility index (Phi) is 15.9. The number of phenols is 1. The van der Waals surface area contributed by atoms with Gasteiger partial charge in [-0.15, -0.1) is 0 Å². The third-order valence-corrected chi connectivity index (χ3v) is 10.8. The Bertz CT molecular complexity index is 1990. The average molecular weight is 884 g/mol. The quantitative estimate of drug-likeness (QED) is 0.0260. The van der Waals surface area contributed by atoms with Crippen LogP contribution >= 0.6 is 45.6 Å². The van der Waals surface area contributed by atoms with Gasteiger partial charge in [-0.2, -0.15) is 11.8 Å². The normalized spacial score (nSPS) is 17.7. The fourth-order valence-corrected chi connectivity index (χ4v) is 7.69. The minimum absolute atomic E-state index is 0. The van der Waals surface area contributed by atoms with Crippen LogP contribution < -0.4 is 21.4 Å². The van der Waals surface area contributed by atoms with E-state index >= 15 is 0 Å². The van der Waals surface area contributed by atoms with Crippen LogP contribution in [0.1, 0.15) is 71.2 Å². The molecule has 288 valence electrons. The Morgan fingerprint density at radius 1 is 1.06 bits per heavy atom. The number of benzene rings is 3. The van der Waals surface area contributed by atoms with Gasteiger partial charge >= 0.3 is 42.0 Å². The van der Waals surface area contributed by atoms with Crippen LogP contribution in [0.15, 0.2) is 63.8 Å². The number of thioether (sulfide) groups is 1. The number of amides is 2. The van der Waals surface area contributed by atoms with Gasteiger partial charge in [-0.3, -0.25) is 9.59 Å². The van der Waals surface area contributed by atoms with Crippen LogP contribution in [0.5, 0.6) is 5.75 Å². The molecule has 3 heterocycles. The molecule has 0 unspecified atom stereocenters. The number of anilines is 1. The number of aromatic carboxylic acids is 1. The van der Waals surface area contributed by atoms with Gasteiger partial charge in [-0.05, 0) is 54.8 Å². The van der Waals surface area contributed by atoms with Crippen molar-refractivity contribution in [1.82, 2.24) is 10.6 Å². The van der Waals surface area contributed by atoms with E-state index in [-0.39, 0.29) is 42.0 Å². The molecule has 4 aliphatic rings. The molecule has 0 bridgehead atoms. The Labute approximate surface area is 330 Å². The van der Waals surface area contributed by atoms with Gasteiger partial charge in [-0.25, -0.2) is 9.59 Å². The van der Waals surface area contributed by atoms with Crippen molar-refractivity contribution < 1.29 is 31.9 Å². The average Bonchev–Trinajstić information content (AvgIpc) is 3.64. The molecule has 2 aromatic rings. The van der Waals surface area contributed by atoms with E-state index in [1.807, 2.05) is 39.5 Å². The van der Waals surface area contributed by atoms with Crippen LogP contribution in [0.4, 0.5) is 13.3 Å². The molecule has 5 N–H and O–H groups in total. The first-order valence-corrected chi connectivity index (χ1v) is 21.4. The number of thiocarbonyl (C=S) groups is 1. The van der Waals surface area contributed by atoms with Crippen LogP contribution in [0.25, 0.3) is 33.4 Å². The van der Waals surface area contributed by atoms with Crippen LogP contribution in [0.2, 0.25) is 0 Å². The first kappa shape index (κ1) is 42.0. The van der Waals surface area contributed by atoms with E-state index < -0.39 is 27.5 Å². The van der Waals surface area contributed by atoms with Crippen molar-refractivity contribution >= 4 is 85.0 Å². The molecule has 0 aromatic heterocycles. The standard InChI is InChI=1S/C24H19NO5S.C13H22N2O2S.CH4FI.CH4/c1-12(2)23(31)25-13-3-6-16(19(9-13)24(28)29)22-17-7-4-14(26)10-20(17)30-21-11-15(27)5-8-18(21)22;1-8(2)10(16)5-3-4-6-11-12-9(7-18-11)14-13(17)15-12;1-3-2;/h3-12,26H,1-2H3,(H,25,31)(H,28,29);8-9,11-12H,3-7H2,1-2H3,(H2,14,15,17);3H,1H3;1H4/t;9-,11-,12-;;/m.0../s1/i;;3T;. The van der Waals surface area contributed by atoms with Crippen molar-refractivity contribution in [3.63, 3.8) is 0 Å². The maximum absolute atomic E-state index is 12.2. The maximum atomic E-state index is 12.2. The predicted molar refractivity (Wildman–Crippen MR) is 227 cm³/mol. The number of aromatic hydroxyl groups is 1. The second kappa shape index (κ2) is 20.1. The number of halogens is 2. The molecule has 6 rings (SSSR count).